The van der Waals surface area contributed by atoms with Crippen molar-refractivity contribution in [1.82, 2.24) is 4.98 Å². The first-order valence-electron chi connectivity index (χ1n) is 13.3. The van der Waals surface area contributed by atoms with E-state index in [-0.39, 0.29) is 5.41 Å². The fourth-order valence-corrected chi connectivity index (χ4v) is 7.41. The number of H-pyrrole nitrogens is 1. The molecule has 0 saturated heterocycles. The Morgan fingerprint density at radius 2 is 0.921 bits per heavy atom. The molecule has 9 rings (SSSR count). The highest BCUT2D eigenvalue weighted by Crippen LogP contribution is 2.64. The number of hydrogen-bond acceptors (Lipinski definition) is 0. The van der Waals surface area contributed by atoms with Gasteiger partial charge in [-0.25, -0.2) is 0 Å². The monoisotopic (exact) mass is 481 g/mol. The van der Waals surface area contributed by atoms with Gasteiger partial charge in [-0.2, -0.15) is 0 Å². The number of aromatic nitrogens is 1. The summed E-state index contributed by atoms with van der Waals surface area (Å²) in [6.07, 6.45) is 0. The van der Waals surface area contributed by atoms with Gasteiger partial charge in [0.2, 0.25) is 0 Å². The average Bonchev–Trinajstić information content (AvgIpc) is 3.61. The van der Waals surface area contributed by atoms with Crippen LogP contribution in [0.25, 0.3) is 55.2 Å². The molecule has 0 unspecified atom stereocenters. The van der Waals surface area contributed by atoms with Crippen LogP contribution in [0.5, 0.6) is 0 Å². The summed E-state index contributed by atoms with van der Waals surface area (Å²) in [6, 6.07) is 49.5. The lowest BCUT2D eigenvalue weighted by molar-refractivity contribution is 0.796. The number of hydrogen-bond donors (Lipinski definition) is 1. The number of aromatic amines is 1. The van der Waals surface area contributed by atoms with Crippen molar-refractivity contribution in [3.8, 4) is 33.4 Å². The molecule has 1 nitrogen and oxygen atoms in total. The molecule has 0 radical (unpaired) electrons. The van der Waals surface area contributed by atoms with Crippen molar-refractivity contribution in [3.63, 3.8) is 0 Å². The molecule has 1 aromatic heterocycles. The summed E-state index contributed by atoms with van der Waals surface area (Å²) in [5.74, 6) is 0. The summed E-state index contributed by atoms with van der Waals surface area (Å²) in [7, 11) is 0. The Hall–Kier alpha value is -4.88. The molecule has 1 spiro atoms. The molecular weight excluding hydrogens is 458 g/mol. The van der Waals surface area contributed by atoms with Gasteiger partial charge < -0.3 is 4.98 Å². The van der Waals surface area contributed by atoms with Crippen molar-refractivity contribution in [2.75, 3.05) is 0 Å². The Labute approximate surface area is 221 Å². The van der Waals surface area contributed by atoms with Crippen LogP contribution in [0.2, 0.25) is 0 Å². The van der Waals surface area contributed by atoms with Crippen molar-refractivity contribution >= 4 is 21.8 Å². The molecule has 2 aliphatic rings. The highest BCUT2D eigenvalue weighted by Gasteiger charge is 2.52. The van der Waals surface area contributed by atoms with Crippen molar-refractivity contribution < 1.29 is 0 Å². The topological polar surface area (TPSA) is 15.8 Å². The van der Waals surface area contributed by atoms with E-state index in [1.165, 1.54) is 77.4 Å². The fourth-order valence-electron chi connectivity index (χ4n) is 7.41. The van der Waals surface area contributed by atoms with Crippen molar-refractivity contribution in [3.05, 3.63) is 156 Å². The van der Waals surface area contributed by atoms with Crippen LogP contribution in [0.1, 0.15) is 22.3 Å². The molecule has 1 N–H and O–H groups in total. The van der Waals surface area contributed by atoms with Crippen LogP contribution in [0.3, 0.4) is 0 Å². The van der Waals surface area contributed by atoms with Crippen LogP contribution in [-0.2, 0) is 5.41 Å². The smallest absolute Gasteiger partial charge is 0.0731 e. The molecular formula is C37H23N. The Morgan fingerprint density at radius 1 is 0.395 bits per heavy atom. The molecule has 6 aromatic carbocycles. The summed E-state index contributed by atoms with van der Waals surface area (Å²) in [6.45, 7) is 0. The zero-order valence-electron chi connectivity index (χ0n) is 20.7. The SMILES string of the molecule is c1ccc2c(c1)-c1ccccc1C21c2ccccc2-c2cccc(-c3ccc4[nH]c5ccccc5c4c3)c21. The summed E-state index contributed by atoms with van der Waals surface area (Å²) in [5.41, 5.74) is 15.5. The van der Waals surface area contributed by atoms with E-state index >= 15 is 0 Å². The van der Waals surface area contributed by atoms with Crippen LogP contribution < -0.4 is 0 Å². The molecule has 0 amide bonds. The van der Waals surface area contributed by atoms with Gasteiger partial charge in [-0.1, -0.05) is 115 Å². The predicted molar refractivity (Wildman–Crippen MR) is 158 cm³/mol. The Morgan fingerprint density at radius 3 is 1.63 bits per heavy atom. The van der Waals surface area contributed by atoms with Crippen molar-refractivity contribution in [1.29, 1.82) is 0 Å². The molecule has 1 heterocycles. The number of benzene rings is 6. The van der Waals surface area contributed by atoms with Gasteiger partial charge in [-0.3, -0.25) is 0 Å². The number of fused-ring (bicyclic) bond motifs is 13. The predicted octanol–water partition coefficient (Wildman–Crippen LogP) is 9.33. The van der Waals surface area contributed by atoms with Gasteiger partial charge in [0.05, 0.1) is 5.41 Å². The fraction of sp³-hybridized carbons (Fsp3) is 0.0270. The van der Waals surface area contributed by atoms with Crippen LogP contribution in [-0.4, -0.2) is 4.98 Å². The minimum atomic E-state index is -0.342. The average molecular weight is 482 g/mol. The van der Waals surface area contributed by atoms with Gasteiger partial charge in [0.25, 0.3) is 0 Å². The number of rotatable bonds is 1. The third-order valence-corrected chi connectivity index (χ3v) is 8.83. The summed E-state index contributed by atoms with van der Waals surface area (Å²) in [5, 5.41) is 2.54. The van der Waals surface area contributed by atoms with E-state index in [0.717, 1.165) is 0 Å². The van der Waals surface area contributed by atoms with Crippen LogP contribution >= 0.6 is 0 Å². The molecule has 0 atom stereocenters. The second-order valence-corrected chi connectivity index (χ2v) is 10.5. The minimum Gasteiger partial charge on any atom is -0.355 e. The Balaban J connectivity index is 1.43. The van der Waals surface area contributed by atoms with Crippen molar-refractivity contribution in [2.24, 2.45) is 0 Å². The first kappa shape index (κ1) is 20.2. The molecule has 0 fully saturated rings. The Bertz CT molecular complexity index is 2030. The molecule has 0 aliphatic heterocycles. The Kier molecular flexibility index (Phi) is 3.78. The third-order valence-electron chi connectivity index (χ3n) is 8.83. The highest BCUT2D eigenvalue weighted by molar-refractivity contribution is 6.09. The maximum atomic E-state index is 3.60. The van der Waals surface area contributed by atoms with E-state index in [2.05, 4.69) is 138 Å². The molecule has 0 saturated carbocycles. The second kappa shape index (κ2) is 7.12. The summed E-state index contributed by atoms with van der Waals surface area (Å²) >= 11 is 0. The van der Waals surface area contributed by atoms with E-state index in [4.69, 9.17) is 0 Å². The number of para-hydroxylation sites is 1. The van der Waals surface area contributed by atoms with E-state index in [0.29, 0.717) is 0 Å². The molecule has 176 valence electrons. The molecule has 7 aromatic rings. The van der Waals surface area contributed by atoms with Gasteiger partial charge in [-0.15, -0.1) is 0 Å². The van der Waals surface area contributed by atoms with E-state index in [1.54, 1.807) is 0 Å². The zero-order chi connectivity index (χ0) is 24.8. The molecule has 38 heavy (non-hydrogen) atoms. The second-order valence-electron chi connectivity index (χ2n) is 10.5. The first-order valence-corrected chi connectivity index (χ1v) is 13.3. The zero-order valence-corrected chi connectivity index (χ0v) is 20.7. The maximum Gasteiger partial charge on any atom is 0.0731 e. The van der Waals surface area contributed by atoms with E-state index < -0.39 is 0 Å². The third kappa shape index (κ3) is 2.33. The van der Waals surface area contributed by atoms with Crippen LogP contribution in [0.15, 0.2) is 133 Å². The lowest BCUT2D eigenvalue weighted by atomic mass is 9.68. The van der Waals surface area contributed by atoms with Crippen molar-refractivity contribution in [2.45, 2.75) is 5.41 Å². The van der Waals surface area contributed by atoms with E-state index in [9.17, 15) is 0 Å². The lowest BCUT2D eigenvalue weighted by Gasteiger charge is -2.32. The van der Waals surface area contributed by atoms with Crippen LogP contribution in [0, 0.1) is 0 Å². The summed E-state index contributed by atoms with van der Waals surface area (Å²) in [4.78, 5) is 3.60. The minimum absolute atomic E-state index is 0.342. The first-order chi connectivity index (χ1) is 18.9. The largest absolute Gasteiger partial charge is 0.355 e. The number of nitrogens with one attached hydrogen (secondary N) is 1. The maximum absolute atomic E-state index is 3.60. The van der Waals surface area contributed by atoms with Gasteiger partial charge in [0.1, 0.15) is 0 Å². The van der Waals surface area contributed by atoms with Gasteiger partial charge in [0.15, 0.2) is 0 Å². The normalized spacial score (nSPS) is 14.0. The molecule has 2 aliphatic carbocycles. The quantitative estimate of drug-likeness (QED) is 0.240. The van der Waals surface area contributed by atoms with Crippen LogP contribution in [0.4, 0.5) is 0 Å². The summed E-state index contributed by atoms with van der Waals surface area (Å²) < 4.78 is 0. The van der Waals surface area contributed by atoms with E-state index in [1.807, 2.05) is 0 Å². The molecule has 0 bridgehead atoms. The van der Waals surface area contributed by atoms with Gasteiger partial charge in [-0.05, 0) is 73.8 Å². The standard InChI is InChI=1S/C37H23N/c1-5-16-31-25(10-1)26-11-2-6-17-32(26)37(31)33-18-7-3-12-27(33)29-15-9-14-24(36(29)37)23-20-21-35-30(22-23)28-13-4-8-19-34(28)38-35/h1-22,38H. The van der Waals surface area contributed by atoms with Gasteiger partial charge in [0, 0.05) is 21.8 Å². The highest BCUT2D eigenvalue weighted by atomic mass is 14.7. The molecule has 1 heteroatoms. The lowest BCUT2D eigenvalue weighted by Crippen LogP contribution is -2.26. The van der Waals surface area contributed by atoms with Gasteiger partial charge >= 0.3 is 0 Å².